The van der Waals surface area contributed by atoms with Gasteiger partial charge in [-0.05, 0) is 71.9 Å². The van der Waals surface area contributed by atoms with Crippen molar-refractivity contribution >= 4 is 51.9 Å². The van der Waals surface area contributed by atoms with Crippen LogP contribution in [0.15, 0.2) is 45.0 Å². The van der Waals surface area contributed by atoms with Crippen LogP contribution >= 0.6 is 0 Å². The minimum absolute atomic E-state index is 0.0199. The molecule has 3 aliphatic rings. The molecule has 0 spiro atoms. The van der Waals surface area contributed by atoms with E-state index in [9.17, 15) is 25.3 Å². The molecule has 13 nitrogen and oxygen atoms in total. The maximum absolute atomic E-state index is 14.3. The van der Waals surface area contributed by atoms with Crippen molar-refractivity contribution in [1.29, 1.82) is 0 Å². The number of nitrogens with one attached hydrogen (secondary N) is 1. The molecule has 0 aliphatic carbocycles. The smallest absolute Gasteiger partial charge is 0.245 e. The number of aromatic amines is 1. The first kappa shape index (κ1) is 33.7. The van der Waals surface area contributed by atoms with Gasteiger partial charge < -0.3 is 19.2 Å². The van der Waals surface area contributed by atoms with E-state index in [-0.39, 0.29) is 96.1 Å². The molecule has 0 amide bonds. The summed E-state index contributed by atoms with van der Waals surface area (Å²) in [5.41, 5.74) is 0.675. The molecule has 6 rings (SSSR count). The van der Waals surface area contributed by atoms with E-state index in [1.807, 2.05) is 13.8 Å². The zero-order valence-electron chi connectivity index (χ0n) is 26.8. The maximum atomic E-state index is 14.3. The van der Waals surface area contributed by atoms with Crippen LogP contribution in [0.3, 0.4) is 0 Å². The van der Waals surface area contributed by atoms with Gasteiger partial charge in [0, 0.05) is 55.6 Å². The summed E-state index contributed by atoms with van der Waals surface area (Å²) >= 11 is 0. The Bertz CT molecular complexity index is 1950. The Hall–Kier alpha value is -2.15. The first-order valence-corrected chi connectivity index (χ1v) is 19.8. The maximum Gasteiger partial charge on any atom is 0.245 e. The molecular formula is C30H42N4O9S3. The third-order valence-corrected chi connectivity index (χ3v) is 14.2. The van der Waals surface area contributed by atoms with Crippen molar-refractivity contribution in [2.24, 2.45) is 0 Å². The number of morpholine rings is 3. The lowest BCUT2D eigenvalue weighted by Crippen LogP contribution is -2.48. The Morgan fingerprint density at radius 2 is 0.935 bits per heavy atom. The summed E-state index contributed by atoms with van der Waals surface area (Å²) in [4.78, 5) is 2.79. The van der Waals surface area contributed by atoms with E-state index < -0.39 is 30.1 Å². The Balaban J connectivity index is 1.55. The lowest BCUT2D eigenvalue weighted by molar-refractivity contribution is -0.0442. The number of rotatable bonds is 6. The Kier molecular flexibility index (Phi) is 8.85. The molecule has 3 aromatic rings. The van der Waals surface area contributed by atoms with Gasteiger partial charge in [0.25, 0.3) is 0 Å². The summed E-state index contributed by atoms with van der Waals surface area (Å²) in [6.07, 6.45) is -2.00. The van der Waals surface area contributed by atoms with Gasteiger partial charge in [0.15, 0.2) is 0 Å². The number of hydrogen-bond donors (Lipinski definition) is 1. The van der Waals surface area contributed by atoms with Crippen LogP contribution in [0.2, 0.25) is 0 Å². The van der Waals surface area contributed by atoms with E-state index in [2.05, 4.69) is 4.98 Å². The molecule has 0 bridgehead atoms. The van der Waals surface area contributed by atoms with Gasteiger partial charge in [0.1, 0.15) is 4.90 Å². The SMILES string of the molecule is C[C@@H]1CN(S(=O)(=O)c2ccc3[nH]c4c(S(=O)(=O)N5C[C@@H](C)O[C@@H](C)C5)cc(S(=O)(=O)N5C[C@H](C)O[C@@H](C)C5)cc4c3c2)C[C@@H](C)O1. The zero-order chi connectivity index (χ0) is 33.3. The molecule has 3 aliphatic heterocycles. The number of ether oxygens (including phenoxy) is 3. The third-order valence-electron chi connectivity index (χ3n) is 8.67. The molecule has 0 unspecified atom stereocenters. The number of H-pyrrole nitrogens is 1. The van der Waals surface area contributed by atoms with Crippen molar-refractivity contribution in [2.45, 2.75) is 92.9 Å². The summed E-state index contributed by atoms with van der Waals surface area (Å²) in [7, 11) is -12.4. The minimum atomic E-state index is -4.23. The monoisotopic (exact) mass is 698 g/mol. The lowest BCUT2D eigenvalue weighted by Gasteiger charge is -2.35. The van der Waals surface area contributed by atoms with E-state index in [1.165, 1.54) is 37.2 Å². The molecule has 1 aromatic heterocycles. The molecule has 4 heterocycles. The van der Waals surface area contributed by atoms with Crippen molar-refractivity contribution in [1.82, 2.24) is 17.9 Å². The number of benzene rings is 2. The van der Waals surface area contributed by atoms with Crippen LogP contribution in [0.1, 0.15) is 41.5 Å². The largest absolute Gasteiger partial charge is 0.373 e. The van der Waals surface area contributed by atoms with Crippen LogP contribution in [0.25, 0.3) is 21.8 Å². The van der Waals surface area contributed by atoms with E-state index in [0.717, 1.165) is 0 Å². The lowest BCUT2D eigenvalue weighted by atomic mass is 10.1. The summed E-state index contributed by atoms with van der Waals surface area (Å²) in [6, 6.07) is 7.20. The average Bonchev–Trinajstić information content (AvgIpc) is 3.33. The van der Waals surface area contributed by atoms with Crippen LogP contribution in [-0.2, 0) is 44.3 Å². The fourth-order valence-corrected chi connectivity index (χ4v) is 12.0. The predicted molar refractivity (Wildman–Crippen MR) is 172 cm³/mol. The van der Waals surface area contributed by atoms with Crippen molar-refractivity contribution in [3.63, 3.8) is 0 Å². The first-order valence-electron chi connectivity index (χ1n) is 15.5. The summed E-state index contributed by atoms with van der Waals surface area (Å²) < 4.78 is 106. The van der Waals surface area contributed by atoms with Gasteiger partial charge in [-0.2, -0.15) is 12.9 Å². The third kappa shape index (κ3) is 6.12. The molecule has 3 fully saturated rings. The number of fused-ring (bicyclic) bond motifs is 3. The first-order chi connectivity index (χ1) is 21.5. The molecule has 0 radical (unpaired) electrons. The van der Waals surface area contributed by atoms with Gasteiger partial charge in [-0.15, -0.1) is 0 Å². The van der Waals surface area contributed by atoms with Gasteiger partial charge in [0.2, 0.25) is 30.1 Å². The average molecular weight is 699 g/mol. The van der Waals surface area contributed by atoms with Gasteiger partial charge >= 0.3 is 0 Å². The fourth-order valence-electron chi connectivity index (χ4n) is 6.85. The molecular weight excluding hydrogens is 657 g/mol. The van der Waals surface area contributed by atoms with Crippen LogP contribution in [0.4, 0.5) is 0 Å². The minimum Gasteiger partial charge on any atom is -0.373 e. The molecule has 6 atom stereocenters. The fraction of sp³-hybridized carbons (Fsp3) is 0.600. The summed E-state index contributed by atoms with van der Waals surface area (Å²) in [5, 5.41) is 0.686. The van der Waals surface area contributed by atoms with E-state index >= 15 is 0 Å². The van der Waals surface area contributed by atoms with Crippen LogP contribution in [-0.4, -0.2) is 119 Å². The van der Waals surface area contributed by atoms with E-state index in [1.54, 1.807) is 33.8 Å². The molecule has 2 aromatic carbocycles. The normalized spacial score (nSPS) is 29.9. The van der Waals surface area contributed by atoms with Crippen molar-refractivity contribution in [3.05, 3.63) is 30.3 Å². The standard InChI is InChI=1S/C30H42N4O9S3/c1-18-12-32(13-19(2)41-18)44(35,36)24-7-8-28-26(9-24)27-10-25(45(37,38)33-14-20(3)42-21(4)15-33)11-29(30(27)31-28)46(39,40)34-16-22(5)43-23(6)17-34/h7-11,18-23,31H,12-17H2,1-6H3/t18-,19-,20+,21+,22-,23+/m1/s1. The Morgan fingerprint density at radius 3 is 1.39 bits per heavy atom. The summed E-state index contributed by atoms with van der Waals surface area (Å²) in [5.74, 6) is 0. The molecule has 0 saturated carbocycles. The number of sulfonamides is 3. The number of nitrogens with zero attached hydrogens (tertiary/aromatic N) is 3. The second kappa shape index (κ2) is 12.1. The van der Waals surface area contributed by atoms with Crippen molar-refractivity contribution < 1.29 is 39.5 Å². The van der Waals surface area contributed by atoms with Crippen LogP contribution < -0.4 is 0 Å². The second-order valence-corrected chi connectivity index (χ2v) is 18.7. The van der Waals surface area contributed by atoms with Gasteiger partial charge in [0.05, 0.1) is 51.9 Å². The van der Waals surface area contributed by atoms with Gasteiger partial charge in [-0.25, -0.2) is 25.3 Å². The molecule has 1 N–H and O–H groups in total. The van der Waals surface area contributed by atoms with Crippen LogP contribution in [0.5, 0.6) is 0 Å². The van der Waals surface area contributed by atoms with Crippen molar-refractivity contribution in [3.8, 4) is 0 Å². The number of aromatic nitrogens is 1. The molecule has 16 heteroatoms. The highest BCUT2D eigenvalue weighted by Gasteiger charge is 2.38. The van der Waals surface area contributed by atoms with Gasteiger partial charge in [-0.1, -0.05) is 0 Å². The summed E-state index contributed by atoms with van der Waals surface area (Å²) in [6.45, 7) is 11.6. The van der Waals surface area contributed by atoms with E-state index in [0.29, 0.717) is 16.3 Å². The predicted octanol–water partition coefficient (Wildman–Crippen LogP) is 2.71. The quantitative estimate of drug-likeness (QED) is 0.409. The molecule has 46 heavy (non-hydrogen) atoms. The number of hydrogen-bond acceptors (Lipinski definition) is 9. The highest BCUT2D eigenvalue weighted by molar-refractivity contribution is 7.90. The molecule has 254 valence electrons. The van der Waals surface area contributed by atoms with Gasteiger partial charge in [-0.3, -0.25) is 0 Å². The Morgan fingerprint density at radius 1 is 0.543 bits per heavy atom. The van der Waals surface area contributed by atoms with Crippen LogP contribution in [0, 0.1) is 0 Å². The Labute approximate surface area is 270 Å². The van der Waals surface area contributed by atoms with E-state index in [4.69, 9.17) is 14.2 Å². The zero-order valence-corrected chi connectivity index (χ0v) is 29.3. The molecule has 3 saturated heterocycles. The van der Waals surface area contributed by atoms with Crippen molar-refractivity contribution in [2.75, 3.05) is 39.3 Å². The highest BCUT2D eigenvalue weighted by atomic mass is 32.2. The highest BCUT2D eigenvalue weighted by Crippen LogP contribution is 2.37. The topological polar surface area (TPSA) is 156 Å². The second-order valence-electron chi connectivity index (χ2n) is 12.9.